The van der Waals surface area contributed by atoms with E-state index in [1.807, 2.05) is 6.33 Å². The second-order valence-corrected chi connectivity index (χ2v) is 4.53. The fraction of sp³-hybridized carbons (Fsp3) is 0.727. The van der Waals surface area contributed by atoms with Gasteiger partial charge in [0, 0.05) is 38.9 Å². The largest absolute Gasteiger partial charge is 0.337 e. The Labute approximate surface area is 90.3 Å². The molecule has 2 heterocycles. The number of rotatable bonds is 1. The molecule has 1 aromatic heterocycles. The van der Waals surface area contributed by atoms with Crippen molar-refractivity contribution in [2.45, 2.75) is 18.9 Å². The van der Waals surface area contributed by atoms with Gasteiger partial charge in [0.1, 0.15) is 0 Å². The number of hydrogen-bond acceptors (Lipinski definition) is 3. The van der Waals surface area contributed by atoms with E-state index in [2.05, 4.69) is 26.8 Å². The van der Waals surface area contributed by atoms with Crippen molar-refractivity contribution >= 4 is 0 Å². The van der Waals surface area contributed by atoms with Crippen molar-refractivity contribution in [2.24, 2.45) is 7.05 Å². The molecule has 2 aliphatic rings. The van der Waals surface area contributed by atoms with Crippen LogP contribution < -0.4 is 5.32 Å². The van der Waals surface area contributed by atoms with Crippen molar-refractivity contribution < 1.29 is 0 Å². The van der Waals surface area contributed by atoms with Crippen LogP contribution in [0, 0.1) is 0 Å². The summed E-state index contributed by atoms with van der Waals surface area (Å²) >= 11 is 0. The molecule has 0 bridgehead atoms. The molecule has 1 aliphatic carbocycles. The first kappa shape index (κ1) is 9.36. The molecule has 0 radical (unpaired) electrons. The monoisotopic (exact) mass is 206 g/mol. The average molecular weight is 206 g/mol. The maximum atomic E-state index is 4.55. The zero-order valence-corrected chi connectivity index (χ0v) is 9.24. The van der Waals surface area contributed by atoms with E-state index in [1.165, 1.54) is 37.3 Å². The number of nitrogens with zero attached hydrogens (tertiary/aromatic N) is 3. The van der Waals surface area contributed by atoms with Crippen LogP contribution in [0.25, 0.3) is 0 Å². The van der Waals surface area contributed by atoms with Gasteiger partial charge in [0.25, 0.3) is 0 Å². The predicted molar refractivity (Wildman–Crippen MR) is 58.7 cm³/mol. The van der Waals surface area contributed by atoms with Crippen LogP contribution in [0.5, 0.6) is 0 Å². The van der Waals surface area contributed by atoms with E-state index in [4.69, 9.17) is 0 Å². The lowest BCUT2D eigenvalue weighted by Crippen LogP contribution is -2.44. The molecule has 82 valence electrons. The number of imidazole rings is 1. The zero-order valence-electron chi connectivity index (χ0n) is 9.24. The van der Waals surface area contributed by atoms with Crippen molar-refractivity contribution in [2.75, 3.05) is 26.2 Å². The lowest BCUT2D eigenvalue weighted by molar-refractivity contribution is 0.171. The highest BCUT2D eigenvalue weighted by Crippen LogP contribution is 2.34. The van der Waals surface area contributed by atoms with Gasteiger partial charge in [-0.25, -0.2) is 4.98 Å². The first-order chi connectivity index (χ1) is 7.36. The van der Waals surface area contributed by atoms with Gasteiger partial charge in [-0.05, 0) is 12.8 Å². The predicted octanol–water partition coefficient (Wildman–Crippen LogP) is 0.313. The Balaban J connectivity index is 1.83. The Hall–Kier alpha value is -0.870. The maximum Gasteiger partial charge on any atom is 0.0949 e. The summed E-state index contributed by atoms with van der Waals surface area (Å²) in [6.45, 7) is 4.58. The molecule has 15 heavy (non-hydrogen) atoms. The molecule has 1 aliphatic heterocycles. The number of nitrogens with one attached hydrogen (secondary N) is 1. The average Bonchev–Trinajstić information content (AvgIpc) is 2.83. The lowest BCUT2D eigenvalue weighted by atomic mass is 10.2. The topological polar surface area (TPSA) is 33.1 Å². The van der Waals surface area contributed by atoms with Gasteiger partial charge in [-0.1, -0.05) is 0 Å². The molecule has 1 aromatic rings. The zero-order chi connectivity index (χ0) is 10.3. The molecule has 4 heteroatoms. The summed E-state index contributed by atoms with van der Waals surface area (Å²) in [5, 5.41) is 3.40. The summed E-state index contributed by atoms with van der Waals surface area (Å²) in [5.74, 6) is 0. The smallest absolute Gasteiger partial charge is 0.0949 e. The second kappa shape index (κ2) is 3.61. The molecule has 0 amide bonds. The lowest BCUT2D eigenvalue weighted by Gasteiger charge is -2.32. The van der Waals surface area contributed by atoms with Gasteiger partial charge in [-0.15, -0.1) is 0 Å². The minimum atomic E-state index is 0.586. The van der Waals surface area contributed by atoms with Gasteiger partial charge in [0.15, 0.2) is 0 Å². The van der Waals surface area contributed by atoms with E-state index in [0.29, 0.717) is 6.04 Å². The van der Waals surface area contributed by atoms with Crippen molar-refractivity contribution in [3.05, 3.63) is 17.7 Å². The number of hydrogen-bond donors (Lipinski definition) is 1. The van der Waals surface area contributed by atoms with E-state index in [0.717, 1.165) is 13.1 Å². The highest BCUT2D eigenvalue weighted by Gasteiger charge is 2.31. The number of fused-ring (bicyclic) bond motifs is 1. The fourth-order valence-electron chi connectivity index (χ4n) is 2.82. The van der Waals surface area contributed by atoms with Crippen LogP contribution in [0.2, 0.25) is 0 Å². The van der Waals surface area contributed by atoms with Crippen LogP contribution in [0.3, 0.4) is 0 Å². The molecule has 1 unspecified atom stereocenters. The summed E-state index contributed by atoms with van der Waals surface area (Å²) in [4.78, 5) is 7.13. The third-order valence-electron chi connectivity index (χ3n) is 3.65. The summed E-state index contributed by atoms with van der Waals surface area (Å²) < 4.78 is 2.18. The number of aryl methyl sites for hydroxylation is 1. The summed E-state index contributed by atoms with van der Waals surface area (Å²) in [6, 6.07) is 0.586. The summed E-state index contributed by atoms with van der Waals surface area (Å²) in [6.07, 6.45) is 4.41. The molecule has 0 saturated carbocycles. The Morgan fingerprint density at radius 3 is 3.00 bits per heavy atom. The van der Waals surface area contributed by atoms with Crippen molar-refractivity contribution in [3.63, 3.8) is 0 Å². The van der Waals surface area contributed by atoms with Crippen molar-refractivity contribution in [1.29, 1.82) is 0 Å². The first-order valence-corrected chi connectivity index (χ1v) is 5.81. The number of aromatic nitrogens is 2. The Kier molecular flexibility index (Phi) is 2.25. The van der Waals surface area contributed by atoms with Crippen LogP contribution >= 0.6 is 0 Å². The van der Waals surface area contributed by atoms with Gasteiger partial charge in [-0.3, -0.25) is 4.90 Å². The van der Waals surface area contributed by atoms with Crippen LogP contribution in [0.1, 0.15) is 23.9 Å². The Morgan fingerprint density at radius 1 is 1.40 bits per heavy atom. The van der Waals surface area contributed by atoms with E-state index < -0.39 is 0 Å². The quantitative estimate of drug-likeness (QED) is 0.718. The molecule has 4 nitrogen and oxygen atoms in total. The highest BCUT2D eigenvalue weighted by molar-refractivity contribution is 5.23. The Morgan fingerprint density at radius 2 is 2.20 bits per heavy atom. The molecular weight excluding hydrogens is 188 g/mol. The molecular formula is C11H18N4. The molecule has 1 fully saturated rings. The van der Waals surface area contributed by atoms with Crippen LogP contribution in [0.15, 0.2) is 6.33 Å². The molecule has 1 saturated heterocycles. The molecule has 1 N–H and O–H groups in total. The molecule has 0 spiro atoms. The van der Waals surface area contributed by atoms with Crippen molar-refractivity contribution in [1.82, 2.24) is 19.8 Å². The molecule has 3 rings (SSSR count). The minimum absolute atomic E-state index is 0.586. The first-order valence-electron chi connectivity index (χ1n) is 5.81. The van der Waals surface area contributed by atoms with Crippen LogP contribution in [-0.4, -0.2) is 40.6 Å². The van der Waals surface area contributed by atoms with Gasteiger partial charge in [0.05, 0.1) is 18.1 Å². The van der Waals surface area contributed by atoms with E-state index >= 15 is 0 Å². The van der Waals surface area contributed by atoms with Crippen molar-refractivity contribution in [3.8, 4) is 0 Å². The van der Waals surface area contributed by atoms with Gasteiger partial charge >= 0.3 is 0 Å². The van der Waals surface area contributed by atoms with Gasteiger partial charge < -0.3 is 9.88 Å². The maximum absolute atomic E-state index is 4.55. The summed E-state index contributed by atoms with van der Waals surface area (Å²) in [5.41, 5.74) is 2.78. The van der Waals surface area contributed by atoms with Crippen LogP contribution in [-0.2, 0) is 13.5 Å². The minimum Gasteiger partial charge on any atom is -0.337 e. The molecule has 1 atom stereocenters. The van der Waals surface area contributed by atoms with Gasteiger partial charge in [0.2, 0.25) is 0 Å². The van der Waals surface area contributed by atoms with Gasteiger partial charge in [-0.2, -0.15) is 0 Å². The van der Waals surface area contributed by atoms with Crippen LogP contribution in [0.4, 0.5) is 0 Å². The Bertz CT molecular complexity index is 351. The van der Waals surface area contributed by atoms with E-state index in [-0.39, 0.29) is 0 Å². The third kappa shape index (κ3) is 1.48. The second-order valence-electron chi connectivity index (χ2n) is 4.53. The highest BCUT2D eigenvalue weighted by atomic mass is 15.2. The van der Waals surface area contributed by atoms with E-state index in [9.17, 15) is 0 Å². The summed E-state index contributed by atoms with van der Waals surface area (Å²) in [7, 11) is 2.10. The number of piperazine rings is 1. The third-order valence-corrected chi connectivity index (χ3v) is 3.65. The normalized spacial score (nSPS) is 26.9. The standard InChI is InChI=1S/C11H18N4/c1-14-8-13-11-9(14)2-3-10(11)15-6-4-12-5-7-15/h8,10,12H,2-7H2,1H3. The van der Waals surface area contributed by atoms with E-state index in [1.54, 1.807) is 0 Å². The SMILES string of the molecule is Cn1cnc2c1CCC2N1CCNCC1. The fourth-order valence-corrected chi connectivity index (χ4v) is 2.82. The molecule has 0 aromatic carbocycles.